The lowest BCUT2D eigenvalue weighted by molar-refractivity contribution is -0.118. The fraction of sp³-hybridized carbons (Fsp3) is 0.240. The summed E-state index contributed by atoms with van der Waals surface area (Å²) in [7, 11) is 0. The Balaban J connectivity index is 1.52. The van der Waals surface area contributed by atoms with E-state index in [1.54, 1.807) is 59.5 Å². The average molecular weight is 526 g/mol. The number of hydrogen-bond donors (Lipinski definition) is 1. The molecule has 11 heteroatoms. The van der Waals surface area contributed by atoms with E-state index in [0.29, 0.717) is 58.0 Å². The number of thiophene rings is 1. The summed E-state index contributed by atoms with van der Waals surface area (Å²) in [5.74, 6) is 0.408. The van der Waals surface area contributed by atoms with Gasteiger partial charge in [0.2, 0.25) is 5.91 Å². The van der Waals surface area contributed by atoms with E-state index >= 15 is 0 Å². The van der Waals surface area contributed by atoms with Crippen LogP contribution in [0, 0.1) is 0 Å². The van der Waals surface area contributed by atoms with Crippen LogP contribution in [-0.4, -0.2) is 44.4 Å². The molecular formula is C25H24ClN5O4S. The Morgan fingerprint density at radius 3 is 2.78 bits per heavy atom. The van der Waals surface area contributed by atoms with Crippen molar-refractivity contribution < 1.29 is 14.3 Å². The van der Waals surface area contributed by atoms with Crippen molar-refractivity contribution in [2.45, 2.75) is 26.2 Å². The number of aryl methyl sites for hydroxylation is 1. The van der Waals surface area contributed by atoms with E-state index in [1.165, 1.54) is 28.9 Å². The molecule has 186 valence electrons. The van der Waals surface area contributed by atoms with Crippen LogP contribution in [0.25, 0.3) is 11.4 Å². The first-order valence-corrected chi connectivity index (χ1v) is 12.5. The molecule has 36 heavy (non-hydrogen) atoms. The number of hydrogen-bond acceptors (Lipinski definition) is 7. The second kappa shape index (κ2) is 11.8. The van der Waals surface area contributed by atoms with Crippen LogP contribution in [-0.2, 0) is 11.2 Å². The average Bonchev–Trinajstić information content (AvgIpc) is 3.51. The number of halogens is 1. The summed E-state index contributed by atoms with van der Waals surface area (Å²) in [6.45, 7) is 2.30. The first-order chi connectivity index (χ1) is 17.4. The maximum Gasteiger partial charge on any atom is 0.255 e. The number of carbonyl (C=O) groups is 2. The Morgan fingerprint density at radius 2 is 2.03 bits per heavy atom. The Labute approximate surface area is 216 Å². The minimum atomic E-state index is -0.165. The van der Waals surface area contributed by atoms with Crippen LogP contribution in [0.15, 0.2) is 65.7 Å². The molecule has 0 aliphatic rings. The van der Waals surface area contributed by atoms with Gasteiger partial charge in [0.1, 0.15) is 11.4 Å². The fourth-order valence-corrected chi connectivity index (χ4v) is 4.49. The Kier molecular flexibility index (Phi) is 8.29. The summed E-state index contributed by atoms with van der Waals surface area (Å²) < 4.78 is 9.70. The molecule has 3 heterocycles. The van der Waals surface area contributed by atoms with Gasteiger partial charge >= 0.3 is 0 Å². The number of ether oxygens (including phenoxy) is 1. The predicted molar refractivity (Wildman–Crippen MR) is 138 cm³/mol. The first kappa shape index (κ1) is 25.3. The molecule has 0 atom stereocenters. The number of benzene rings is 1. The van der Waals surface area contributed by atoms with Gasteiger partial charge in [-0.3, -0.25) is 19.0 Å². The van der Waals surface area contributed by atoms with Crippen molar-refractivity contribution in [3.63, 3.8) is 0 Å². The number of nitrogens with zero attached hydrogens (tertiary/aromatic N) is 4. The monoisotopic (exact) mass is 525 g/mol. The molecular weight excluding hydrogens is 502 g/mol. The molecule has 0 bridgehead atoms. The van der Waals surface area contributed by atoms with Gasteiger partial charge in [-0.05, 0) is 36.8 Å². The van der Waals surface area contributed by atoms with Crippen LogP contribution >= 0.6 is 22.9 Å². The van der Waals surface area contributed by atoms with Crippen LogP contribution in [0.5, 0.6) is 5.75 Å². The summed E-state index contributed by atoms with van der Waals surface area (Å²) in [5.41, 5.74) is 1.77. The van der Waals surface area contributed by atoms with E-state index in [2.05, 4.69) is 15.6 Å². The quantitative estimate of drug-likeness (QED) is 0.235. The highest BCUT2D eigenvalue weighted by molar-refractivity contribution is 7.18. The minimum Gasteiger partial charge on any atom is -0.491 e. The molecule has 1 aromatic carbocycles. The van der Waals surface area contributed by atoms with E-state index in [-0.39, 0.29) is 23.7 Å². The lowest BCUT2D eigenvalue weighted by atomic mass is 10.1. The standard InChI is InChI=1S/C25H24ClN5O4S/c1-17(32)27-12-4-14-35-22-15-19(30-13-3-2-5-25(30)34)7-8-20(22)31-16-18(28-29-31)6-9-21(33)23-10-11-24(26)36-23/h2-3,5,7-8,10-11,13,15-16H,4,6,9,12,14H2,1H3,(H,27,32). The summed E-state index contributed by atoms with van der Waals surface area (Å²) in [4.78, 5) is 36.4. The molecule has 1 amide bonds. The SMILES string of the molecule is CC(=O)NCCCOc1cc(-n2ccccc2=O)ccc1-n1cc(CCC(=O)c2ccc(Cl)s2)nn1. The van der Waals surface area contributed by atoms with Gasteiger partial charge in [0.05, 0.1) is 33.4 Å². The van der Waals surface area contributed by atoms with E-state index in [1.807, 2.05) is 0 Å². The lowest BCUT2D eigenvalue weighted by Crippen LogP contribution is -2.22. The highest BCUT2D eigenvalue weighted by Crippen LogP contribution is 2.26. The molecule has 0 spiro atoms. The maximum atomic E-state index is 12.4. The van der Waals surface area contributed by atoms with Gasteiger partial charge < -0.3 is 10.1 Å². The Hall–Kier alpha value is -3.76. The van der Waals surface area contributed by atoms with Crippen molar-refractivity contribution in [3.8, 4) is 17.1 Å². The van der Waals surface area contributed by atoms with Gasteiger partial charge in [-0.15, -0.1) is 16.4 Å². The summed E-state index contributed by atoms with van der Waals surface area (Å²) >= 11 is 7.18. The third kappa shape index (κ3) is 6.46. The highest BCUT2D eigenvalue weighted by atomic mass is 35.5. The van der Waals surface area contributed by atoms with Gasteiger partial charge in [0, 0.05) is 44.6 Å². The fourth-order valence-electron chi connectivity index (χ4n) is 3.48. The number of aromatic nitrogens is 4. The largest absolute Gasteiger partial charge is 0.491 e. The molecule has 1 N–H and O–H groups in total. The Morgan fingerprint density at radius 1 is 1.17 bits per heavy atom. The molecule has 0 saturated carbocycles. The van der Waals surface area contributed by atoms with E-state index in [9.17, 15) is 14.4 Å². The molecule has 0 fully saturated rings. The van der Waals surface area contributed by atoms with Crippen LogP contribution in [0.3, 0.4) is 0 Å². The molecule has 4 rings (SSSR count). The van der Waals surface area contributed by atoms with Crippen molar-refractivity contribution in [2.75, 3.05) is 13.2 Å². The van der Waals surface area contributed by atoms with Crippen molar-refractivity contribution in [3.05, 3.63) is 86.2 Å². The second-order valence-electron chi connectivity index (χ2n) is 7.93. The minimum absolute atomic E-state index is 0.00213. The first-order valence-electron chi connectivity index (χ1n) is 11.3. The molecule has 3 aromatic heterocycles. The molecule has 0 unspecified atom stereocenters. The molecule has 0 radical (unpaired) electrons. The van der Waals surface area contributed by atoms with Crippen molar-refractivity contribution in [1.82, 2.24) is 24.9 Å². The molecule has 4 aromatic rings. The molecule has 0 aliphatic carbocycles. The molecule has 0 aliphatic heterocycles. The Bertz CT molecular complexity index is 1430. The van der Waals surface area contributed by atoms with Gasteiger partial charge in [-0.25, -0.2) is 4.68 Å². The summed E-state index contributed by atoms with van der Waals surface area (Å²) in [6, 6.07) is 13.7. The predicted octanol–water partition coefficient (Wildman–Crippen LogP) is 3.85. The van der Waals surface area contributed by atoms with Gasteiger partial charge in [-0.2, -0.15) is 0 Å². The van der Waals surface area contributed by atoms with Crippen molar-refractivity contribution >= 4 is 34.6 Å². The van der Waals surface area contributed by atoms with Crippen LogP contribution < -0.4 is 15.6 Å². The van der Waals surface area contributed by atoms with E-state index in [4.69, 9.17) is 16.3 Å². The third-order valence-electron chi connectivity index (χ3n) is 5.24. The van der Waals surface area contributed by atoms with Gasteiger partial charge in [-0.1, -0.05) is 22.9 Å². The lowest BCUT2D eigenvalue weighted by Gasteiger charge is -2.14. The second-order valence-corrected chi connectivity index (χ2v) is 9.64. The third-order valence-corrected chi connectivity index (χ3v) is 6.51. The van der Waals surface area contributed by atoms with Gasteiger partial charge in [0.25, 0.3) is 5.56 Å². The molecule has 0 saturated heterocycles. The number of nitrogens with one attached hydrogen (secondary N) is 1. The van der Waals surface area contributed by atoms with Crippen molar-refractivity contribution in [1.29, 1.82) is 0 Å². The number of carbonyl (C=O) groups excluding carboxylic acids is 2. The zero-order chi connectivity index (χ0) is 25.5. The van der Waals surface area contributed by atoms with Crippen LogP contribution in [0.4, 0.5) is 0 Å². The number of amides is 1. The zero-order valence-corrected chi connectivity index (χ0v) is 21.1. The van der Waals surface area contributed by atoms with Crippen LogP contribution in [0.2, 0.25) is 4.34 Å². The van der Waals surface area contributed by atoms with Crippen LogP contribution in [0.1, 0.15) is 35.1 Å². The summed E-state index contributed by atoms with van der Waals surface area (Å²) in [6.07, 6.45) is 4.76. The molecule has 9 nitrogen and oxygen atoms in total. The highest BCUT2D eigenvalue weighted by Gasteiger charge is 2.14. The maximum absolute atomic E-state index is 12.4. The topological polar surface area (TPSA) is 108 Å². The summed E-state index contributed by atoms with van der Waals surface area (Å²) in [5, 5.41) is 11.2. The number of pyridine rings is 1. The smallest absolute Gasteiger partial charge is 0.255 e. The number of ketones is 1. The van der Waals surface area contributed by atoms with Gasteiger partial charge in [0.15, 0.2) is 5.78 Å². The normalized spacial score (nSPS) is 10.8. The zero-order valence-electron chi connectivity index (χ0n) is 19.5. The van der Waals surface area contributed by atoms with Crippen molar-refractivity contribution in [2.24, 2.45) is 0 Å². The van der Waals surface area contributed by atoms with E-state index < -0.39 is 0 Å². The van der Waals surface area contributed by atoms with E-state index in [0.717, 1.165) is 0 Å². The number of Topliss-reactive ketones (excluding diaryl/α,β-unsaturated/α-hetero) is 1. The number of rotatable bonds is 11.